The highest BCUT2D eigenvalue weighted by Gasteiger charge is 2.06. The molecule has 0 aromatic heterocycles. The average Bonchev–Trinajstić information content (AvgIpc) is 2.18. The standard InChI is InChI=1S/C10H12FN3O/c11-8-4-2-1-3-7(8)5-10(15)14-6-9(12)13/h1-4H,5-6H2,(H3,12,13)(H,14,15). The van der Waals surface area contributed by atoms with Gasteiger partial charge in [0, 0.05) is 0 Å². The van der Waals surface area contributed by atoms with Crippen LogP contribution >= 0.6 is 0 Å². The Morgan fingerprint density at radius 3 is 2.73 bits per heavy atom. The van der Waals surface area contributed by atoms with Gasteiger partial charge in [0.25, 0.3) is 0 Å². The van der Waals surface area contributed by atoms with E-state index in [1.807, 2.05) is 0 Å². The number of hydrogen-bond donors (Lipinski definition) is 3. The van der Waals surface area contributed by atoms with Crippen molar-refractivity contribution < 1.29 is 9.18 Å². The van der Waals surface area contributed by atoms with Gasteiger partial charge in [0.15, 0.2) is 0 Å². The highest BCUT2D eigenvalue weighted by Crippen LogP contribution is 2.06. The number of benzene rings is 1. The van der Waals surface area contributed by atoms with Crippen molar-refractivity contribution in [2.45, 2.75) is 6.42 Å². The quantitative estimate of drug-likeness (QED) is 0.496. The first-order valence-corrected chi connectivity index (χ1v) is 4.42. The second-order valence-electron chi connectivity index (χ2n) is 3.07. The molecule has 0 aliphatic heterocycles. The minimum atomic E-state index is -0.407. The Labute approximate surface area is 86.8 Å². The van der Waals surface area contributed by atoms with Crippen LogP contribution in [0.25, 0.3) is 0 Å². The van der Waals surface area contributed by atoms with E-state index in [1.54, 1.807) is 18.2 Å². The monoisotopic (exact) mass is 209 g/mol. The van der Waals surface area contributed by atoms with Crippen molar-refractivity contribution in [2.24, 2.45) is 5.73 Å². The van der Waals surface area contributed by atoms with Gasteiger partial charge in [-0.25, -0.2) is 4.39 Å². The molecule has 1 rings (SSSR count). The zero-order valence-electron chi connectivity index (χ0n) is 8.09. The average molecular weight is 209 g/mol. The minimum absolute atomic E-state index is 0.00666. The molecule has 0 bridgehead atoms. The first-order chi connectivity index (χ1) is 7.09. The lowest BCUT2D eigenvalue weighted by atomic mass is 10.1. The van der Waals surface area contributed by atoms with Gasteiger partial charge >= 0.3 is 0 Å². The molecule has 0 spiro atoms. The van der Waals surface area contributed by atoms with E-state index in [1.165, 1.54) is 6.07 Å². The summed E-state index contributed by atoms with van der Waals surface area (Å²) in [7, 11) is 0. The van der Waals surface area contributed by atoms with Crippen LogP contribution in [-0.2, 0) is 11.2 Å². The summed E-state index contributed by atoms with van der Waals surface area (Å²) in [6.45, 7) is -0.00666. The van der Waals surface area contributed by atoms with Crippen molar-refractivity contribution in [3.8, 4) is 0 Å². The summed E-state index contributed by atoms with van der Waals surface area (Å²) >= 11 is 0. The van der Waals surface area contributed by atoms with Gasteiger partial charge in [-0.15, -0.1) is 0 Å². The van der Waals surface area contributed by atoms with Crippen LogP contribution in [-0.4, -0.2) is 18.3 Å². The Morgan fingerprint density at radius 1 is 1.47 bits per heavy atom. The van der Waals surface area contributed by atoms with Crippen LogP contribution in [0.4, 0.5) is 4.39 Å². The second kappa shape index (κ2) is 5.09. The molecule has 4 nitrogen and oxygen atoms in total. The minimum Gasteiger partial charge on any atom is -0.386 e. The van der Waals surface area contributed by atoms with Gasteiger partial charge in [0.1, 0.15) is 11.7 Å². The fraction of sp³-hybridized carbons (Fsp3) is 0.200. The van der Waals surface area contributed by atoms with Gasteiger partial charge in [0.05, 0.1) is 13.0 Å². The summed E-state index contributed by atoms with van der Waals surface area (Å²) in [6.07, 6.45) is -0.0417. The van der Waals surface area contributed by atoms with E-state index in [-0.39, 0.29) is 24.7 Å². The number of rotatable bonds is 4. The van der Waals surface area contributed by atoms with E-state index in [0.29, 0.717) is 5.56 Å². The predicted octanol–water partition coefficient (Wildman–Crippen LogP) is 0.420. The van der Waals surface area contributed by atoms with E-state index >= 15 is 0 Å². The molecular weight excluding hydrogens is 197 g/mol. The maximum absolute atomic E-state index is 13.1. The largest absolute Gasteiger partial charge is 0.386 e. The van der Waals surface area contributed by atoms with Crippen LogP contribution < -0.4 is 11.1 Å². The lowest BCUT2D eigenvalue weighted by Crippen LogP contribution is -2.33. The van der Waals surface area contributed by atoms with E-state index in [4.69, 9.17) is 11.1 Å². The Kier molecular flexibility index (Phi) is 3.79. The van der Waals surface area contributed by atoms with E-state index in [9.17, 15) is 9.18 Å². The van der Waals surface area contributed by atoms with Crippen molar-refractivity contribution in [3.05, 3.63) is 35.6 Å². The summed E-state index contributed by atoms with van der Waals surface area (Å²) in [5.41, 5.74) is 5.39. The maximum atomic E-state index is 13.1. The van der Waals surface area contributed by atoms with Crippen LogP contribution in [0.2, 0.25) is 0 Å². The maximum Gasteiger partial charge on any atom is 0.224 e. The van der Waals surface area contributed by atoms with Crippen LogP contribution in [0, 0.1) is 11.2 Å². The first kappa shape index (κ1) is 11.2. The summed E-state index contributed by atoms with van der Waals surface area (Å²) in [6, 6.07) is 6.07. The predicted molar refractivity (Wildman–Crippen MR) is 55.0 cm³/mol. The zero-order chi connectivity index (χ0) is 11.3. The van der Waals surface area contributed by atoms with E-state index in [0.717, 1.165) is 0 Å². The third-order valence-corrected chi connectivity index (χ3v) is 1.78. The number of amidine groups is 1. The van der Waals surface area contributed by atoms with E-state index < -0.39 is 5.82 Å². The molecule has 4 N–H and O–H groups in total. The molecule has 1 aromatic rings. The van der Waals surface area contributed by atoms with Gasteiger partial charge < -0.3 is 11.1 Å². The van der Waals surface area contributed by atoms with Gasteiger partial charge in [-0.05, 0) is 11.6 Å². The lowest BCUT2D eigenvalue weighted by Gasteiger charge is -2.04. The second-order valence-corrected chi connectivity index (χ2v) is 3.07. The Morgan fingerprint density at radius 2 is 2.13 bits per heavy atom. The molecule has 0 saturated carbocycles. The molecule has 1 amide bonds. The third kappa shape index (κ3) is 3.76. The number of carbonyl (C=O) groups excluding carboxylic acids is 1. The molecule has 0 fully saturated rings. The highest BCUT2D eigenvalue weighted by molar-refractivity contribution is 5.86. The summed E-state index contributed by atoms with van der Waals surface area (Å²) in [5, 5.41) is 9.30. The van der Waals surface area contributed by atoms with Gasteiger partial charge in [-0.2, -0.15) is 0 Å². The number of amides is 1. The van der Waals surface area contributed by atoms with Crippen LogP contribution in [0.1, 0.15) is 5.56 Å². The topological polar surface area (TPSA) is 79.0 Å². The molecule has 0 heterocycles. The van der Waals surface area contributed by atoms with Crippen molar-refractivity contribution in [3.63, 3.8) is 0 Å². The molecule has 15 heavy (non-hydrogen) atoms. The number of hydrogen-bond acceptors (Lipinski definition) is 2. The molecule has 5 heteroatoms. The van der Waals surface area contributed by atoms with Gasteiger partial charge in [0.2, 0.25) is 5.91 Å². The third-order valence-electron chi connectivity index (χ3n) is 1.78. The van der Waals surface area contributed by atoms with Crippen LogP contribution in [0.15, 0.2) is 24.3 Å². The van der Waals surface area contributed by atoms with Gasteiger partial charge in [-0.1, -0.05) is 18.2 Å². The van der Waals surface area contributed by atoms with Crippen molar-refractivity contribution >= 4 is 11.7 Å². The molecule has 0 atom stereocenters. The highest BCUT2D eigenvalue weighted by atomic mass is 19.1. The smallest absolute Gasteiger partial charge is 0.224 e. The van der Waals surface area contributed by atoms with Crippen molar-refractivity contribution in [1.82, 2.24) is 5.32 Å². The molecule has 80 valence electrons. The Hall–Kier alpha value is -1.91. The number of halogens is 1. The summed E-state index contributed by atoms with van der Waals surface area (Å²) in [4.78, 5) is 11.2. The van der Waals surface area contributed by atoms with E-state index in [2.05, 4.69) is 5.32 Å². The lowest BCUT2D eigenvalue weighted by molar-refractivity contribution is -0.120. The molecule has 0 aliphatic rings. The zero-order valence-corrected chi connectivity index (χ0v) is 8.09. The molecule has 0 unspecified atom stereocenters. The van der Waals surface area contributed by atoms with Crippen LogP contribution in [0.5, 0.6) is 0 Å². The first-order valence-electron chi connectivity index (χ1n) is 4.42. The van der Waals surface area contributed by atoms with Crippen LogP contribution in [0.3, 0.4) is 0 Å². The molecule has 0 saturated heterocycles. The molecule has 0 aliphatic carbocycles. The molecule has 1 aromatic carbocycles. The number of nitrogens with two attached hydrogens (primary N) is 1. The summed E-state index contributed by atoms with van der Waals surface area (Å²) in [5.74, 6) is -0.886. The van der Waals surface area contributed by atoms with Gasteiger partial charge in [-0.3, -0.25) is 10.2 Å². The Bertz CT molecular complexity index is 379. The van der Waals surface area contributed by atoms with Crippen molar-refractivity contribution in [2.75, 3.05) is 6.54 Å². The number of nitrogens with one attached hydrogen (secondary N) is 2. The number of carbonyl (C=O) groups is 1. The molecule has 0 radical (unpaired) electrons. The molecular formula is C10H12FN3O. The van der Waals surface area contributed by atoms with Crippen molar-refractivity contribution in [1.29, 1.82) is 5.41 Å². The fourth-order valence-corrected chi connectivity index (χ4v) is 1.07. The normalized spacial score (nSPS) is 9.67. The summed E-state index contributed by atoms with van der Waals surface area (Å²) < 4.78 is 13.1. The SMILES string of the molecule is N=C(N)CNC(=O)Cc1ccccc1F. The Balaban J connectivity index is 2.52. The fourth-order valence-electron chi connectivity index (χ4n) is 1.07.